The van der Waals surface area contributed by atoms with Crippen molar-refractivity contribution in [2.75, 3.05) is 13.1 Å². The third-order valence-corrected chi connectivity index (χ3v) is 4.63. The molecule has 1 saturated heterocycles. The lowest BCUT2D eigenvalue weighted by atomic mass is 9.94. The smallest absolute Gasteiger partial charge is 0.326 e. The number of Topliss-reactive ketones (excluding diaryl/α,β-unsaturated/α-hetero) is 1. The van der Waals surface area contributed by atoms with Crippen molar-refractivity contribution < 1.29 is 34.2 Å². The molecule has 13 heteroatoms. The molecule has 13 nitrogen and oxygen atoms in total. The summed E-state index contributed by atoms with van der Waals surface area (Å²) in [5.41, 5.74) is 15.9. The molecule has 168 valence electrons. The number of carbonyl (C=O) groups excluding carboxylic acids is 3. The van der Waals surface area contributed by atoms with E-state index in [1.807, 2.05) is 0 Å². The number of carboxylic acid groups (broad SMARTS) is 2. The predicted molar refractivity (Wildman–Crippen MR) is 104 cm³/mol. The first-order valence-electron chi connectivity index (χ1n) is 9.35. The van der Waals surface area contributed by atoms with Gasteiger partial charge in [0.25, 0.3) is 0 Å². The summed E-state index contributed by atoms with van der Waals surface area (Å²) in [7, 11) is 0. The van der Waals surface area contributed by atoms with Gasteiger partial charge in [0, 0.05) is 13.1 Å². The van der Waals surface area contributed by atoms with Crippen LogP contribution in [-0.4, -0.2) is 81.8 Å². The zero-order chi connectivity index (χ0) is 23.0. The Morgan fingerprint density at radius 2 is 1.90 bits per heavy atom. The Labute approximate surface area is 172 Å². The molecule has 1 aliphatic rings. The first-order valence-corrected chi connectivity index (χ1v) is 9.35. The molecule has 1 rings (SSSR count). The molecule has 0 unspecified atom stereocenters. The van der Waals surface area contributed by atoms with Gasteiger partial charge in [-0.3, -0.25) is 24.2 Å². The first kappa shape index (κ1) is 24.8. The lowest BCUT2D eigenvalue weighted by molar-refractivity contribution is -0.151. The number of carbonyl (C=O) groups is 5. The van der Waals surface area contributed by atoms with Gasteiger partial charge in [-0.2, -0.15) is 0 Å². The van der Waals surface area contributed by atoms with E-state index in [9.17, 15) is 29.1 Å². The summed E-state index contributed by atoms with van der Waals surface area (Å²) in [5.74, 6) is -6.22. The Balaban J connectivity index is 2.90. The fraction of sp³-hybridized carbons (Fsp3) is 0.647. The van der Waals surface area contributed by atoms with Crippen molar-refractivity contribution in [3.8, 4) is 0 Å². The Bertz CT molecular complexity index is 719. The molecule has 1 heterocycles. The van der Waals surface area contributed by atoms with E-state index < -0.39 is 60.0 Å². The maximum absolute atomic E-state index is 12.8. The maximum atomic E-state index is 12.8. The van der Waals surface area contributed by atoms with Crippen molar-refractivity contribution >= 4 is 35.5 Å². The van der Waals surface area contributed by atoms with Gasteiger partial charge in [-0.1, -0.05) is 0 Å². The van der Waals surface area contributed by atoms with Crippen molar-refractivity contribution in [3.63, 3.8) is 0 Å². The molecule has 1 aliphatic heterocycles. The summed E-state index contributed by atoms with van der Waals surface area (Å²) in [6.45, 7) is 1.55. The number of aliphatic imine (C=N–C) groups is 1. The van der Waals surface area contributed by atoms with Gasteiger partial charge in [0.05, 0.1) is 18.5 Å². The molecule has 2 amide bonds. The average molecular weight is 428 g/mol. The molecule has 4 atom stereocenters. The summed E-state index contributed by atoms with van der Waals surface area (Å²) in [5, 5.41) is 20.8. The number of rotatable bonds is 12. The number of guanidine groups is 1. The molecular formula is C17H28N6O7. The number of hydrogen-bond acceptors (Lipinski definition) is 7. The number of likely N-dealkylation sites (tertiary alicyclic amines) is 1. The van der Waals surface area contributed by atoms with Gasteiger partial charge in [0.15, 0.2) is 11.7 Å². The Hall–Kier alpha value is -3.22. The first-order chi connectivity index (χ1) is 14.0. The summed E-state index contributed by atoms with van der Waals surface area (Å²) in [6, 6.07) is -3.60. The number of amides is 2. The van der Waals surface area contributed by atoms with E-state index in [4.69, 9.17) is 22.3 Å². The van der Waals surface area contributed by atoms with Crippen LogP contribution in [0.15, 0.2) is 4.99 Å². The molecule has 0 bridgehead atoms. The highest BCUT2D eigenvalue weighted by molar-refractivity contribution is 6.07. The molecule has 1 fully saturated rings. The number of ketones is 1. The second-order valence-electron chi connectivity index (χ2n) is 7.03. The average Bonchev–Trinajstić information content (AvgIpc) is 3.00. The minimum atomic E-state index is -1.44. The number of carboxylic acids is 2. The molecule has 9 N–H and O–H groups in total. The van der Waals surface area contributed by atoms with E-state index >= 15 is 0 Å². The van der Waals surface area contributed by atoms with Crippen LogP contribution in [0, 0.1) is 5.92 Å². The number of aliphatic carboxylic acids is 2. The van der Waals surface area contributed by atoms with Gasteiger partial charge in [0.1, 0.15) is 12.0 Å². The maximum Gasteiger partial charge on any atom is 0.326 e. The van der Waals surface area contributed by atoms with Crippen molar-refractivity contribution in [3.05, 3.63) is 0 Å². The third kappa shape index (κ3) is 6.99. The summed E-state index contributed by atoms with van der Waals surface area (Å²) in [6.07, 6.45) is -0.344. The van der Waals surface area contributed by atoms with Crippen LogP contribution in [0.1, 0.15) is 32.6 Å². The van der Waals surface area contributed by atoms with E-state index in [0.717, 1.165) is 4.90 Å². The van der Waals surface area contributed by atoms with E-state index in [-0.39, 0.29) is 31.9 Å². The minimum Gasteiger partial charge on any atom is -0.481 e. The van der Waals surface area contributed by atoms with Gasteiger partial charge in [-0.05, 0) is 26.2 Å². The van der Waals surface area contributed by atoms with E-state index in [1.54, 1.807) is 0 Å². The number of nitrogens with two attached hydrogens (primary N) is 3. The zero-order valence-corrected chi connectivity index (χ0v) is 16.6. The van der Waals surface area contributed by atoms with Gasteiger partial charge in [-0.25, -0.2) is 4.79 Å². The summed E-state index contributed by atoms with van der Waals surface area (Å²) >= 11 is 0. The molecule has 0 aromatic carbocycles. The van der Waals surface area contributed by atoms with Gasteiger partial charge in [-0.15, -0.1) is 0 Å². The highest BCUT2D eigenvalue weighted by Crippen LogP contribution is 2.25. The lowest BCUT2D eigenvalue weighted by Crippen LogP contribution is -2.51. The molecule has 0 saturated carbocycles. The Kier molecular flexibility index (Phi) is 9.17. The van der Waals surface area contributed by atoms with Gasteiger partial charge < -0.3 is 37.6 Å². The van der Waals surface area contributed by atoms with Crippen LogP contribution < -0.4 is 22.5 Å². The second kappa shape index (κ2) is 11.1. The zero-order valence-electron chi connectivity index (χ0n) is 16.6. The van der Waals surface area contributed by atoms with Crippen molar-refractivity contribution in [1.29, 1.82) is 0 Å². The molecule has 0 spiro atoms. The van der Waals surface area contributed by atoms with Crippen LogP contribution >= 0.6 is 0 Å². The summed E-state index contributed by atoms with van der Waals surface area (Å²) in [4.78, 5) is 64.8. The molecule has 30 heavy (non-hydrogen) atoms. The van der Waals surface area contributed by atoms with E-state index in [0.29, 0.717) is 6.42 Å². The predicted octanol–water partition coefficient (Wildman–Crippen LogP) is -2.78. The minimum absolute atomic E-state index is 0.00946. The number of hydrogen-bond donors (Lipinski definition) is 6. The second-order valence-corrected chi connectivity index (χ2v) is 7.03. The van der Waals surface area contributed by atoms with Crippen LogP contribution in [0.3, 0.4) is 0 Å². The molecule has 0 aromatic heterocycles. The van der Waals surface area contributed by atoms with Crippen molar-refractivity contribution in [2.45, 2.75) is 50.7 Å². The molecule has 0 aromatic rings. The Morgan fingerprint density at radius 1 is 1.27 bits per heavy atom. The molecule has 0 radical (unpaired) electrons. The standard InChI is InChI=1S/C17H28N6O7/c1-8(18)14(27)22-10(7-12(24)25)13(26)9-4-6-23(15(9)28)11(16(29)30)3-2-5-21-17(19)20/h8-11H,2-7,18H2,1H3,(H,22,27)(H,24,25)(H,29,30)(H4,19,20,21)/t8-,9+,10-,11-/m0/s1. The SMILES string of the molecule is C[C@H](N)C(=O)N[C@@H](CC(=O)O)C(=O)[C@H]1CCN([C@@H](CCCN=C(N)N)C(=O)O)C1=O. The van der Waals surface area contributed by atoms with Crippen LogP contribution in [0.2, 0.25) is 0 Å². The van der Waals surface area contributed by atoms with Crippen molar-refractivity contribution in [1.82, 2.24) is 10.2 Å². The lowest BCUT2D eigenvalue weighted by Gasteiger charge is -2.25. The largest absolute Gasteiger partial charge is 0.481 e. The van der Waals surface area contributed by atoms with E-state index in [1.165, 1.54) is 6.92 Å². The van der Waals surface area contributed by atoms with Gasteiger partial charge >= 0.3 is 11.9 Å². The van der Waals surface area contributed by atoms with Crippen LogP contribution in [0.25, 0.3) is 0 Å². The van der Waals surface area contributed by atoms with Crippen LogP contribution in [-0.2, 0) is 24.0 Å². The van der Waals surface area contributed by atoms with Crippen LogP contribution in [0.4, 0.5) is 0 Å². The molecular weight excluding hydrogens is 400 g/mol. The molecule has 0 aliphatic carbocycles. The normalized spacial score (nSPS) is 18.9. The highest BCUT2D eigenvalue weighted by atomic mass is 16.4. The monoisotopic (exact) mass is 428 g/mol. The van der Waals surface area contributed by atoms with Gasteiger partial charge in [0.2, 0.25) is 11.8 Å². The van der Waals surface area contributed by atoms with E-state index in [2.05, 4.69) is 10.3 Å². The Morgan fingerprint density at radius 3 is 2.40 bits per heavy atom. The summed E-state index contributed by atoms with van der Waals surface area (Å²) < 4.78 is 0. The number of nitrogens with zero attached hydrogens (tertiary/aromatic N) is 2. The van der Waals surface area contributed by atoms with Crippen LogP contribution in [0.5, 0.6) is 0 Å². The quantitative estimate of drug-likeness (QED) is 0.0809. The third-order valence-electron chi connectivity index (χ3n) is 4.63. The fourth-order valence-electron chi connectivity index (χ4n) is 3.12. The topological polar surface area (TPSA) is 232 Å². The fourth-order valence-corrected chi connectivity index (χ4v) is 3.12. The van der Waals surface area contributed by atoms with Crippen molar-refractivity contribution in [2.24, 2.45) is 28.1 Å². The number of nitrogens with one attached hydrogen (secondary N) is 1. The highest BCUT2D eigenvalue weighted by Gasteiger charge is 2.44.